The lowest BCUT2D eigenvalue weighted by Gasteiger charge is -2.23. The normalized spacial score (nSPS) is 23.5. The third-order valence-electron chi connectivity index (χ3n) is 3.14. The molecule has 1 unspecified atom stereocenters. The quantitative estimate of drug-likeness (QED) is 0.876. The van der Waals surface area contributed by atoms with Crippen LogP contribution in [0.1, 0.15) is 24.1 Å². The van der Waals surface area contributed by atoms with Crippen LogP contribution in [0.25, 0.3) is 0 Å². The maximum atomic E-state index is 11.5. The fourth-order valence-corrected chi connectivity index (χ4v) is 3.80. The monoisotopic (exact) mass is 254 g/mol. The summed E-state index contributed by atoms with van der Waals surface area (Å²) in [5.41, 5.74) is 2.13. The van der Waals surface area contributed by atoms with Crippen molar-refractivity contribution in [2.45, 2.75) is 32.4 Å². The van der Waals surface area contributed by atoms with E-state index in [0.29, 0.717) is 12.3 Å². The van der Waals surface area contributed by atoms with Crippen LogP contribution >= 0.6 is 0 Å². The second-order valence-electron chi connectivity index (χ2n) is 4.60. The van der Waals surface area contributed by atoms with E-state index in [1.807, 2.05) is 19.1 Å². The lowest BCUT2D eigenvalue weighted by Crippen LogP contribution is -2.39. The van der Waals surface area contributed by atoms with Crippen LogP contribution in [0, 0.1) is 6.92 Å². The number of nitrogens with zero attached hydrogens (tertiary/aromatic N) is 1. The highest BCUT2D eigenvalue weighted by Gasteiger charge is 2.24. The van der Waals surface area contributed by atoms with Crippen molar-refractivity contribution in [3.63, 3.8) is 0 Å². The number of rotatable bonds is 3. The van der Waals surface area contributed by atoms with E-state index in [0.717, 1.165) is 24.1 Å². The van der Waals surface area contributed by atoms with Crippen LogP contribution in [-0.2, 0) is 16.4 Å². The van der Waals surface area contributed by atoms with E-state index in [9.17, 15) is 8.42 Å². The summed E-state index contributed by atoms with van der Waals surface area (Å²) in [7, 11) is -2.83. The van der Waals surface area contributed by atoms with Crippen LogP contribution < -0.4 is 5.32 Å². The van der Waals surface area contributed by atoms with E-state index in [1.165, 1.54) is 0 Å². The molecule has 1 N–H and O–H groups in total. The van der Waals surface area contributed by atoms with Gasteiger partial charge in [-0.05, 0) is 31.4 Å². The van der Waals surface area contributed by atoms with E-state index >= 15 is 0 Å². The zero-order valence-electron chi connectivity index (χ0n) is 10.0. The Balaban J connectivity index is 1.93. The molecule has 0 aliphatic carbocycles. The highest BCUT2D eigenvalue weighted by molar-refractivity contribution is 7.91. The fourth-order valence-electron chi connectivity index (χ4n) is 2.13. The Bertz CT molecular complexity index is 485. The minimum atomic E-state index is -2.83. The summed E-state index contributed by atoms with van der Waals surface area (Å²) < 4.78 is 23.0. The summed E-state index contributed by atoms with van der Waals surface area (Å²) in [6.07, 6.45) is 3.47. The number of aryl methyl sites for hydroxylation is 1. The van der Waals surface area contributed by atoms with Crippen molar-refractivity contribution in [3.8, 4) is 0 Å². The summed E-state index contributed by atoms with van der Waals surface area (Å²) in [5.74, 6) is 0.604. The van der Waals surface area contributed by atoms with E-state index in [2.05, 4.69) is 10.3 Å². The minimum Gasteiger partial charge on any atom is -0.307 e. The first-order valence-electron chi connectivity index (χ1n) is 5.91. The standard InChI is InChI=1S/C12H18N2O2S/c1-10-4-2-6-13-12(10)8-14-11-5-3-7-17(15,16)9-11/h2,4,6,11,14H,3,5,7-9H2,1H3. The van der Waals surface area contributed by atoms with Gasteiger partial charge < -0.3 is 5.32 Å². The Morgan fingerprint density at radius 1 is 1.53 bits per heavy atom. The molecule has 94 valence electrons. The number of pyridine rings is 1. The van der Waals surface area contributed by atoms with Gasteiger partial charge in [0.15, 0.2) is 9.84 Å². The van der Waals surface area contributed by atoms with Crippen LogP contribution in [0.3, 0.4) is 0 Å². The van der Waals surface area contributed by atoms with Crippen molar-refractivity contribution in [1.82, 2.24) is 10.3 Å². The predicted octanol–water partition coefficient (Wildman–Crippen LogP) is 1.06. The molecule has 0 amide bonds. The van der Waals surface area contributed by atoms with Gasteiger partial charge in [0.1, 0.15) is 0 Å². The second kappa shape index (κ2) is 5.14. The van der Waals surface area contributed by atoms with Gasteiger partial charge in [0.05, 0.1) is 17.2 Å². The number of hydrogen-bond acceptors (Lipinski definition) is 4. The summed E-state index contributed by atoms with van der Waals surface area (Å²) in [6.45, 7) is 2.66. The molecule has 0 spiro atoms. The molecule has 1 aliphatic heterocycles. The molecule has 5 heteroatoms. The summed E-state index contributed by atoms with van der Waals surface area (Å²) in [6, 6.07) is 4.00. The number of sulfone groups is 1. The van der Waals surface area contributed by atoms with Crippen LogP contribution in [0.2, 0.25) is 0 Å². The van der Waals surface area contributed by atoms with Crippen LogP contribution in [0.4, 0.5) is 0 Å². The van der Waals surface area contributed by atoms with Gasteiger partial charge >= 0.3 is 0 Å². The van der Waals surface area contributed by atoms with Crippen LogP contribution in [-0.4, -0.2) is 30.9 Å². The molecule has 1 atom stereocenters. The predicted molar refractivity (Wildman–Crippen MR) is 67.5 cm³/mol. The van der Waals surface area contributed by atoms with Gasteiger partial charge in [-0.25, -0.2) is 8.42 Å². The zero-order chi connectivity index (χ0) is 12.3. The Labute approximate surface area is 102 Å². The van der Waals surface area contributed by atoms with Crippen molar-refractivity contribution in [3.05, 3.63) is 29.6 Å². The largest absolute Gasteiger partial charge is 0.307 e. The lowest BCUT2D eigenvalue weighted by atomic mass is 10.1. The number of aromatic nitrogens is 1. The van der Waals surface area contributed by atoms with Gasteiger partial charge in [-0.15, -0.1) is 0 Å². The van der Waals surface area contributed by atoms with E-state index in [1.54, 1.807) is 6.20 Å². The molecule has 1 aliphatic rings. The smallest absolute Gasteiger partial charge is 0.151 e. The van der Waals surface area contributed by atoms with Gasteiger partial charge in [-0.3, -0.25) is 4.98 Å². The van der Waals surface area contributed by atoms with Crippen molar-refractivity contribution < 1.29 is 8.42 Å². The Morgan fingerprint density at radius 2 is 2.35 bits per heavy atom. The topological polar surface area (TPSA) is 59.1 Å². The summed E-state index contributed by atoms with van der Waals surface area (Å²) >= 11 is 0. The fraction of sp³-hybridized carbons (Fsp3) is 0.583. The Kier molecular flexibility index (Phi) is 3.79. The molecule has 0 radical (unpaired) electrons. The molecule has 1 aromatic rings. The van der Waals surface area contributed by atoms with Gasteiger partial charge in [0, 0.05) is 18.8 Å². The van der Waals surface area contributed by atoms with E-state index in [4.69, 9.17) is 0 Å². The van der Waals surface area contributed by atoms with Crippen molar-refractivity contribution in [2.24, 2.45) is 0 Å². The molecule has 2 heterocycles. The van der Waals surface area contributed by atoms with Crippen molar-refractivity contribution in [1.29, 1.82) is 0 Å². The molecule has 0 saturated carbocycles. The molecule has 2 rings (SSSR count). The third kappa shape index (κ3) is 3.51. The number of hydrogen-bond donors (Lipinski definition) is 1. The first kappa shape index (κ1) is 12.5. The Hall–Kier alpha value is -0.940. The van der Waals surface area contributed by atoms with Crippen LogP contribution in [0.15, 0.2) is 18.3 Å². The summed E-state index contributed by atoms with van der Waals surface area (Å²) in [5, 5.41) is 3.29. The van der Waals surface area contributed by atoms with Gasteiger partial charge in [0.2, 0.25) is 0 Å². The van der Waals surface area contributed by atoms with Gasteiger partial charge in [0.25, 0.3) is 0 Å². The second-order valence-corrected chi connectivity index (χ2v) is 6.83. The molecule has 1 aromatic heterocycles. The van der Waals surface area contributed by atoms with Crippen molar-refractivity contribution >= 4 is 9.84 Å². The van der Waals surface area contributed by atoms with Gasteiger partial charge in [-0.2, -0.15) is 0 Å². The average Bonchev–Trinajstić information content (AvgIpc) is 2.27. The molecular weight excluding hydrogens is 236 g/mol. The summed E-state index contributed by atoms with van der Waals surface area (Å²) in [4.78, 5) is 4.29. The van der Waals surface area contributed by atoms with Crippen LogP contribution in [0.5, 0.6) is 0 Å². The van der Waals surface area contributed by atoms with E-state index in [-0.39, 0.29) is 11.8 Å². The molecule has 1 saturated heterocycles. The SMILES string of the molecule is Cc1cccnc1CNC1CCCS(=O)(=O)C1. The lowest BCUT2D eigenvalue weighted by molar-refractivity contribution is 0.477. The van der Waals surface area contributed by atoms with E-state index < -0.39 is 9.84 Å². The first-order chi connectivity index (χ1) is 8.07. The molecule has 0 bridgehead atoms. The molecule has 1 fully saturated rings. The van der Waals surface area contributed by atoms with Gasteiger partial charge in [-0.1, -0.05) is 6.07 Å². The van der Waals surface area contributed by atoms with Crippen molar-refractivity contribution in [2.75, 3.05) is 11.5 Å². The maximum absolute atomic E-state index is 11.5. The Morgan fingerprint density at radius 3 is 3.06 bits per heavy atom. The molecule has 0 aromatic carbocycles. The highest BCUT2D eigenvalue weighted by Crippen LogP contribution is 2.13. The first-order valence-corrected chi connectivity index (χ1v) is 7.73. The minimum absolute atomic E-state index is 0.0788. The zero-order valence-corrected chi connectivity index (χ0v) is 10.8. The molecule has 17 heavy (non-hydrogen) atoms. The third-order valence-corrected chi connectivity index (χ3v) is 4.96. The number of nitrogens with one attached hydrogen (secondary N) is 1. The molecular formula is C12H18N2O2S. The highest BCUT2D eigenvalue weighted by atomic mass is 32.2. The average molecular weight is 254 g/mol. The molecule has 4 nitrogen and oxygen atoms in total. The maximum Gasteiger partial charge on any atom is 0.151 e.